The van der Waals surface area contributed by atoms with Crippen molar-refractivity contribution in [1.82, 2.24) is 10.2 Å². The first kappa shape index (κ1) is 16.7. The first-order valence-corrected chi connectivity index (χ1v) is 9.87. The number of nitrogens with zero attached hydrogens (tertiary/aromatic N) is 1. The van der Waals surface area contributed by atoms with Crippen LogP contribution < -0.4 is 5.32 Å². The Bertz CT molecular complexity index is 743. The number of carbonyl (C=O) groups is 1. The predicted molar refractivity (Wildman–Crippen MR) is 97.4 cm³/mol. The van der Waals surface area contributed by atoms with Gasteiger partial charge < -0.3 is 14.7 Å². The standard InChI is InChI=1S/C21H28N2O3/c1-13(2)14-4-3-5-16(6-14)21-9-17(21)10-23(11-21)18(24)15-7-20(8-15)12-26-19(25)22-20/h3-6,13,15,17,19,22,25H,7-12H2,1-2H3/t15-,17-,19?,20+,21+/m0/s1. The summed E-state index contributed by atoms with van der Waals surface area (Å²) >= 11 is 0. The summed E-state index contributed by atoms with van der Waals surface area (Å²) in [6.45, 7) is 6.74. The Morgan fingerprint density at radius 1 is 1.35 bits per heavy atom. The van der Waals surface area contributed by atoms with Gasteiger partial charge in [-0.25, -0.2) is 0 Å². The number of piperidine rings is 1. The predicted octanol–water partition coefficient (Wildman–Crippen LogP) is 1.95. The van der Waals surface area contributed by atoms with Crippen molar-refractivity contribution >= 4 is 5.91 Å². The smallest absolute Gasteiger partial charge is 0.225 e. The average molecular weight is 356 g/mol. The fourth-order valence-corrected chi connectivity index (χ4v) is 5.44. The summed E-state index contributed by atoms with van der Waals surface area (Å²) in [6, 6.07) is 8.99. The molecule has 140 valence electrons. The van der Waals surface area contributed by atoms with Crippen LogP contribution in [0.2, 0.25) is 0 Å². The Hall–Kier alpha value is -1.43. The van der Waals surface area contributed by atoms with Crippen LogP contribution in [-0.4, -0.2) is 47.6 Å². The molecule has 2 saturated carbocycles. The molecule has 1 aromatic carbocycles. The van der Waals surface area contributed by atoms with Crippen LogP contribution in [0.1, 0.15) is 50.2 Å². The van der Waals surface area contributed by atoms with Crippen LogP contribution in [-0.2, 0) is 14.9 Å². The van der Waals surface area contributed by atoms with Crippen molar-refractivity contribution in [2.75, 3.05) is 19.7 Å². The van der Waals surface area contributed by atoms with Crippen molar-refractivity contribution in [3.8, 4) is 0 Å². The maximum atomic E-state index is 13.0. The van der Waals surface area contributed by atoms with Crippen molar-refractivity contribution in [2.24, 2.45) is 11.8 Å². The third-order valence-electron chi connectivity index (χ3n) is 7.16. The lowest BCUT2D eigenvalue weighted by atomic mass is 9.68. The first-order valence-electron chi connectivity index (χ1n) is 9.87. The van der Waals surface area contributed by atoms with E-state index in [1.54, 1.807) is 0 Å². The minimum atomic E-state index is -0.873. The number of rotatable bonds is 3. The molecule has 2 saturated heterocycles. The monoisotopic (exact) mass is 356 g/mol. The number of ether oxygens (including phenoxy) is 1. The number of carbonyl (C=O) groups excluding carboxylic acids is 1. The summed E-state index contributed by atoms with van der Waals surface area (Å²) in [5, 5.41) is 12.6. The summed E-state index contributed by atoms with van der Waals surface area (Å²) in [7, 11) is 0. The molecule has 2 heterocycles. The van der Waals surface area contributed by atoms with Crippen LogP contribution in [0.4, 0.5) is 0 Å². The molecule has 1 amide bonds. The maximum Gasteiger partial charge on any atom is 0.225 e. The minimum Gasteiger partial charge on any atom is -0.356 e. The molecule has 4 fully saturated rings. The minimum absolute atomic E-state index is 0.0768. The molecule has 1 spiro atoms. The number of fused-ring (bicyclic) bond motifs is 1. The van der Waals surface area contributed by atoms with Gasteiger partial charge in [-0.3, -0.25) is 10.1 Å². The van der Waals surface area contributed by atoms with E-state index in [-0.39, 0.29) is 16.9 Å². The van der Waals surface area contributed by atoms with Gasteiger partial charge in [0.05, 0.1) is 6.61 Å². The van der Waals surface area contributed by atoms with E-state index in [1.165, 1.54) is 17.5 Å². The van der Waals surface area contributed by atoms with Gasteiger partial charge in [-0.1, -0.05) is 38.1 Å². The molecule has 0 radical (unpaired) electrons. The van der Waals surface area contributed by atoms with Crippen LogP contribution in [0.15, 0.2) is 24.3 Å². The number of hydrogen-bond donors (Lipinski definition) is 2. The molecule has 5 heteroatoms. The fraction of sp³-hybridized carbons (Fsp3) is 0.667. The summed E-state index contributed by atoms with van der Waals surface area (Å²) in [6.07, 6.45) is 1.90. The van der Waals surface area contributed by atoms with Crippen LogP contribution >= 0.6 is 0 Å². The molecule has 5 rings (SSSR count). The first-order chi connectivity index (χ1) is 12.4. The van der Waals surface area contributed by atoms with Crippen molar-refractivity contribution in [1.29, 1.82) is 0 Å². The number of benzene rings is 1. The van der Waals surface area contributed by atoms with Gasteiger partial charge in [-0.15, -0.1) is 0 Å². The van der Waals surface area contributed by atoms with Crippen molar-refractivity contribution < 1.29 is 14.6 Å². The number of hydrogen-bond acceptors (Lipinski definition) is 4. The number of aliphatic hydroxyl groups excluding tert-OH is 1. The fourth-order valence-electron chi connectivity index (χ4n) is 5.44. The van der Waals surface area contributed by atoms with E-state index in [2.05, 4.69) is 48.3 Å². The molecule has 4 aliphatic rings. The second-order valence-electron chi connectivity index (χ2n) is 9.25. The molecule has 0 aromatic heterocycles. The van der Waals surface area contributed by atoms with Gasteiger partial charge in [0.15, 0.2) is 0 Å². The van der Waals surface area contributed by atoms with Gasteiger partial charge in [0.2, 0.25) is 12.3 Å². The van der Waals surface area contributed by atoms with E-state index < -0.39 is 6.41 Å². The summed E-state index contributed by atoms with van der Waals surface area (Å²) < 4.78 is 5.21. The van der Waals surface area contributed by atoms with E-state index in [4.69, 9.17) is 4.74 Å². The number of nitrogens with one attached hydrogen (secondary N) is 1. The molecular weight excluding hydrogens is 328 g/mol. The molecule has 2 N–H and O–H groups in total. The van der Waals surface area contributed by atoms with Gasteiger partial charge in [0.1, 0.15) is 0 Å². The Morgan fingerprint density at radius 2 is 2.15 bits per heavy atom. The Balaban J connectivity index is 1.26. The SMILES string of the molecule is CC(C)c1cccc([C@]23C[C@H]2CN(C(=O)[C@H]2C[C@]4(COC(O)N4)C2)C3)c1. The van der Waals surface area contributed by atoms with Gasteiger partial charge in [0, 0.05) is 30.0 Å². The normalized spacial score (nSPS) is 40.8. The van der Waals surface area contributed by atoms with Gasteiger partial charge >= 0.3 is 0 Å². The van der Waals surface area contributed by atoms with E-state index >= 15 is 0 Å². The molecule has 2 aliphatic heterocycles. The topological polar surface area (TPSA) is 61.8 Å². The number of amides is 1. The highest BCUT2D eigenvalue weighted by Gasteiger charge is 2.63. The second kappa shape index (κ2) is 5.54. The Labute approximate surface area is 154 Å². The number of likely N-dealkylation sites (tertiary alicyclic amines) is 1. The zero-order valence-electron chi connectivity index (χ0n) is 15.6. The van der Waals surface area contributed by atoms with E-state index in [1.807, 2.05) is 0 Å². The molecule has 1 unspecified atom stereocenters. The maximum absolute atomic E-state index is 13.0. The van der Waals surface area contributed by atoms with Crippen LogP contribution in [0, 0.1) is 11.8 Å². The summed E-state index contributed by atoms with van der Waals surface area (Å²) in [4.78, 5) is 15.1. The van der Waals surface area contributed by atoms with E-state index in [0.717, 1.165) is 25.9 Å². The lowest BCUT2D eigenvalue weighted by Gasteiger charge is -2.44. The summed E-state index contributed by atoms with van der Waals surface area (Å²) in [5.74, 6) is 1.53. The average Bonchev–Trinajstić information content (AvgIpc) is 2.96. The third-order valence-corrected chi connectivity index (χ3v) is 7.16. The van der Waals surface area contributed by atoms with Crippen LogP contribution in [0.5, 0.6) is 0 Å². The number of aliphatic hydroxyl groups is 1. The lowest BCUT2D eigenvalue weighted by Crippen LogP contribution is -2.58. The van der Waals surface area contributed by atoms with Gasteiger partial charge in [-0.2, -0.15) is 0 Å². The van der Waals surface area contributed by atoms with Crippen molar-refractivity contribution in [3.63, 3.8) is 0 Å². The molecule has 1 aromatic rings. The zero-order valence-corrected chi connectivity index (χ0v) is 15.6. The molecule has 26 heavy (non-hydrogen) atoms. The zero-order chi connectivity index (χ0) is 18.1. The second-order valence-corrected chi connectivity index (χ2v) is 9.25. The highest BCUT2D eigenvalue weighted by atomic mass is 16.6. The van der Waals surface area contributed by atoms with E-state index in [9.17, 15) is 9.90 Å². The van der Waals surface area contributed by atoms with Gasteiger partial charge in [0.25, 0.3) is 0 Å². The largest absolute Gasteiger partial charge is 0.356 e. The molecule has 3 atom stereocenters. The van der Waals surface area contributed by atoms with Crippen LogP contribution in [0.3, 0.4) is 0 Å². The van der Waals surface area contributed by atoms with Crippen molar-refractivity contribution in [3.05, 3.63) is 35.4 Å². The van der Waals surface area contributed by atoms with Crippen molar-refractivity contribution in [2.45, 2.75) is 56.4 Å². The highest BCUT2D eigenvalue weighted by Crippen LogP contribution is 2.59. The molecule has 2 aliphatic carbocycles. The Kier molecular flexibility index (Phi) is 3.56. The Morgan fingerprint density at radius 3 is 2.85 bits per heavy atom. The molecular formula is C21H28N2O3. The molecule has 0 bridgehead atoms. The lowest BCUT2D eigenvalue weighted by molar-refractivity contribution is -0.140. The van der Waals surface area contributed by atoms with Gasteiger partial charge in [-0.05, 0) is 42.2 Å². The quantitative estimate of drug-likeness (QED) is 0.869. The molecule has 5 nitrogen and oxygen atoms in total. The third kappa shape index (κ3) is 2.44. The van der Waals surface area contributed by atoms with E-state index in [0.29, 0.717) is 24.3 Å². The highest BCUT2D eigenvalue weighted by molar-refractivity contribution is 5.81. The summed E-state index contributed by atoms with van der Waals surface area (Å²) in [5.41, 5.74) is 2.83. The van der Waals surface area contributed by atoms with Crippen LogP contribution in [0.25, 0.3) is 0 Å².